The number of piperazine rings is 1. The summed E-state index contributed by atoms with van der Waals surface area (Å²) in [6.07, 6.45) is 7.63. The summed E-state index contributed by atoms with van der Waals surface area (Å²) >= 11 is 0. The van der Waals surface area contributed by atoms with Crippen molar-refractivity contribution in [1.29, 1.82) is 0 Å². The summed E-state index contributed by atoms with van der Waals surface area (Å²) < 4.78 is 0. The molecule has 2 saturated carbocycles. The lowest BCUT2D eigenvalue weighted by atomic mass is 9.91. The van der Waals surface area contributed by atoms with Gasteiger partial charge in [0.15, 0.2) is 0 Å². The number of hydrogen-bond donors (Lipinski definition) is 1. The van der Waals surface area contributed by atoms with E-state index < -0.39 is 0 Å². The zero-order chi connectivity index (χ0) is 11.7. The Labute approximate surface area is 105 Å². The second-order valence-corrected chi connectivity index (χ2v) is 6.20. The van der Waals surface area contributed by atoms with E-state index in [1.807, 2.05) is 0 Å². The Morgan fingerprint density at radius 1 is 0.882 bits per heavy atom. The minimum Gasteiger partial charge on any atom is -0.391 e. The highest BCUT2D eigenvalue weighted by Gasteiger charge is 2.32. The van der Waals surface area contributed by atoms with Crippen LogP contribution in [0.15, 0.2) is 0 Å². The number of rotatable bonds is 3. The van der Waals surface area contributed by atoms with Crippen molar-refractivity contribution in [2.45, 2.75) is 50.7 Å². The molecule has 0 aromatic rings. The SMILES string of the molecule is OC1CCCCC1N1CCN(CC2CC2)CC1. The number of nitrogens with zero attached hydrogens (tertiary/aromatic N) is 2. The van der Waals surface area contributed by atoms with Crippen LogP contribution in [0.2, 0.25) is 0 Å². The Balaban J connectivity index is 1.46. The van der Waals surface area contributed by atoms with E-state index in [2.05, 4.69) is 9.80 Å². The van der Waals surface area contributed by atoms with E-state index >= 15 is 0 Å². The Morgan fingerprint density at radius 3 is 2.24 bits per heavy atom. The van der Waals surface area contributed by atoms with Gasteiger partial charge in [0.2, 0.25) is 0 Å². The predicted octanol–water partition coefficient (Wildman–Crippen LogP) is 1.32. The minimum atomic E-state index is -0.0567. The van der Waals surface area contributed by atoms with Gasteiger partial charge >= 0.3 is 0 Å². The standard InChI is InChI=1S/C14H26N2O/c17-14-4-2-1-3-13(14)16-9-7-15(8-10-16)11-12-5-6-12/h12-14,17H,1-11H2. The Kier molecular flexibility index (Phi) is 3.69. The highest BCUT2D eigenvalue weighted by molar-refractivity contribution is 4.87. The molecule has 3 heteroatoms. The molecule has 0 aromatic carbocycles. The van der Waals surface area contributed by atoms with Gasteiger partial charge in [-0.25, -0.2) is 0 Å². The molecule has 3 nitrogen and oxygen atoms in total. The molecule has 2 atom stereocenters. The van der Waals surface area contributed by atoms with Crippen molar-refractivity contribution in [3.05, 3.63) is 0 Å². The van der Waals surface area contributed by atoms with Crippen molar-refractivity contribution in [2.75, 3.05) is 32.7 Å². The lowest BCUT2D eigenvalue weighted by molar-refractivity contribution is -0.00409. The van der Waals surface area contributed by atoms with Gasteiger partial charge < -0.3 is 10.0 Å². The summed E-state index contributed by atoms with van der Waals surface area (Å²) in [5.41, 5.74) is 0. The number of hydrogen-bond acceptors (Lipinski definition) is 3. The number of aliphatic hydroxyl groups is 1. The predicted molar refractivity (Wildman–Crippen MR) is 69.0 cm³/mol. The summed E-state index contributed by atoms with van der Waals surface area (Å²) in [7, 11) is 0. The van der Waals surface area contributed by atoms with Crippen LogP contribution in [0.5, 0.6) is 0 Å². The molecule has 0 aromatic heterocycles. The van der Waals surface area contributed by atoms with E-state index in [1.165, 1.54) is 64.8 Å². The van der Waals surface area contributed by atoms with Gasteiger partial charge in [-0.1, -0.05) is 12.8 Å². The van der Waals surface area contributed by atoms with E-state index in [4.69, 9.17) is 0 Å². The molecule has 2 unspecified atom stereocenters. The summed E-state index contributed by atoms with van der Waals surface area (Å²) in [6, 6.07) is 0.465. The van der Waals surface area contributed by atoms with Crippen LogP contribution in [0.3, 0.4) is 0 Å². The molecule has 1 N–H and O–H groups in total. The zero-order valence-corrected chi connectivity index (χ0v) is 10.9. The first-order valence-electron chi connectivity index (χ1n) is 7.47. The fraction of sp³-hybridized carbons (Fsp3) is 1.00. The van der Waals surface area contributed by atoms with Gasteiger partial charge in [0.05, 0.1) is 6.10 Å². The molecule has 0 amide bonds. The number of aliphatic hydroxyl groups excluding tert-OH is 1. The monoisotopic (exact) mass is 238 g/mol. The van der Waals surface area contributed by atoms with Crippen molar-refractivity contribution >= 4 is 0 Å². The van der Waals surface area contributed by atoms with Gasteiger partial charge in [0.1, 0.15) is 0 Å². The zero-order valence-electron chi connectivity index (χ0n) is 10.9. The second kappa shape index (κ2) is 5.25. The van der Waals surface area contributed by atoms with Crippen LogP contribution < -0.4 is 0 Å². The van der Waals surface area contributed by atoms with Gasteiger partial charge in [0, 0.05) is 38.8 Å². The average Bonchev–Trinajstić information content (AvgIpc) is 3.15. The Bertz CT molecular complexity index is 247. The summed E-state index contributed by atoms with van der Waals surface area (Å²) in [6.45, 7) is 6.13. The smallest absolute Gasteiger partial charge is 0.0695 e. The van der Waals surface area contributed by atoms with Crippen molar-refractivity contribution in [3.63, 3.8) is 0 Å². The second-order valence-electron chi connectivity index (χ2n) is 6.20. The third-order valence-corrected chi connectivity index (χ3v) is 4.78. The normalized spacial score (nSPS) is 37.2. The molecule has 98 valence electrons. The molecule has 17 heavy (non-hydrogen) atoms. The third kappa shape index (κ3) is 3.01. The Hall–Kier alpha value is -0.120. The van der Waals surface area contributed by atoms with Gasteiger partial charge in [-0.15, -0.1) is 0 Å². The van der Waals surface area contributed by atoms with Crippen LogP contribution in [0.1, 0.15) is 38.5 Å². The van der Waals surface area contributed by atoms with E-state index in [9.17, 15) is 5.11 Å². The molecule has 1 saturated heterocycles. The van der Waals surface area contributed by atoms with Crippen LogP contribution in [0.4, 0.5) is 0 Å². The highest BCUT2D eigenvalue weighted by Crippen LogP contribution is 2.30. The van der Waals surface area contributed by atoms with Crippen LogP contribution in [-0.4, -0.2) is 59.8 Å². The van der Waals surface area contributed by atoms with E-state index in [0.717, 1.165) is 12.3 Å². The molecular formula is C14H26N2O. The van der Waals surface area contributed by atoms with Crippen LogP contribution in [0, 0.1) is 5.92 Å². The molecule has 1 heterocycles. The molecule has 1 aliphatic heterocycles. The van der Waals surface area contributed by atoms with Crippen molar-refractivity contribution < 1.29 is 5.11 Å². The fourth-order valence-electron chi connectivity index (χ4n) is 3.46. The van der Waals surface area contributed by atoms with Crippen LogP contribution in [0.25, 0.3) is 0 Å². The van der Waals surface area contributed by atoms with E-state index in [0.29, 0.717) is 6.04 Å². The quantitative estimate of drug-likeness (QED) is 0.803. The molecule has 0 radical (unpaired) electrons. The van der Waals surface area contributed by atoms with E-state index in [1.54, 1.807) is 0 Å². The highest BCUT2D eigenvalue weighted by atomic mass is 16.3. The van der Waals surface area contributed by atoms with Crippen molar-refractivity contribution in [3.8, 4) is 0 Å². The van der Waals surface area contributed by atoms with Crippen LogP contribution in [-0.2, 0) is 0 Å². The first-order valence-corrected chi connectivity index (χ1v) is 7.47. The summed E-state index contributed by atoms with van der Waals surface area (Å²) in [4.78, 5) is 5.18. The third-order valence-electron chi connectivity index (χ3n) is 4.78. The summed E-state index contributed by atoms with van der Waals surface area (Å²) in [5, 5.41) is 10.1. The van der Waals surface area contributed by atoms with Crippen molar-refractivity contribution in [1.82, 2.24) is 9.80 Å². The molecule has 0 spiro atoms. The lowest BCUT2D eigenvalue weighted by Crippen LogP contribution is -2.54. The first kappa shape index (κ1) is 11.9. The molecule has 3 rings (SSSR count). The Morgan fingerprint density at radius 2 is 1.59 bits per heavy atom. The molecule has 3 aliphatic rings. The maximum Gasteiger partial charge on any atom is 0.0695 e. The molecular weight excluding hydrogens is 212 g/mol. The maximum atomic E-state index is 10.1. The first-order chi connectivity index (χ1) is 8.33. The van der Waals surface area contributed by atoms with Gasteiger partial charge in [0.25, 0.3) is 0 Å². The topological polar surface area (TPSA) is 26.7 Å². The van der Waals surface area contributed by atoms with Crippen molar-refractivity contribution in [2.24, 2.45) is 5.92 Å². The van der Waals surface area contributed by atoms with Crippen LogP contribution >= 0.6 is 0 Å². The maximum absolute atomic E-state index is 10.1. The van der Waals surface area contributed by atoms with Gasteiger partial charge in [-0.3, -0.25) is 4.90 Å². The van der Waals surface area contributed by atoms with Gasteiger partial charge in [-0.2, -0.15) is 0 Å². The largest absolute Gasteiger partial charge is 0.391 e. The van der Waals surface area contributed by atoms with E-state index in [-0.39, 0.29) is 6.10 Å². The molecule has 0 bridgehead atoms. The average molecular weight is 238 g/mol. The molecule has 2 aliphatic carbocycles. The summed E-state index contributed by atoms with van der Waals surface area (Å²) in [5.74, 6) is 1.02. The molecule has 3 fully saturated rings. The minimum absolute atomic E-state index is 0.0567. The lowest BCUT2D eigenvalue weighted by Gasteiger charge is -2.42. The fourth-order valence-corrected chi connectivity index (χ4v) is 3.46. The van der Waals surface area contributed by atoms with Gasteiger partial charge in [-0.05, 0) is 31.6 Å².